The summed E-state index contributed by atoms with van der Waals surface area (Å²) in [7, 11) is 0. The Hall–Kier alpha value is -1.92. The molecule has 3 aliphatic rings. The fourth-order valence-electron chi connectivity index (χ4n) is 4.53. The predicted octanol–water partition coefficient (Wildman–Crippen LogP) is 1.88. The molecule has 1 aromatic carbocycles. The number of halogens is 1. The van der Waals surface area contributed by atoms with Gasteiger partial charge in [0.1, 0.15) is 5.54 Å². The zero-order valence-corrected chi connectivity index (χ0v) is 14.9. The average molecular weight is 362 g/mol. The number of rotatable bonds is 3. The lowest BCUT2D eigenvalue weighted by atomic mass is 9.76. The van der Waals surface area contributed by atoms with Crippen molar-refractivity contribution in [2.24, 2.45) is 11.8 Å². The van der Waals surface area contributed by atoms with Crippen molar-refractivity contribution in [3.05, 3.63) is 28.8 Å². The van der Waals surface area contributed by atoms with Crippen LogP contribution in [0, 0.1) is 11.8 Å². The lowest BCUT2D eigenvalue weighted by Crippen LogP contribution is -2.53. The second-order valence-electron chi connectivity index (χ2n) is 7.07. The average Bonchev–Trinajstić information content (AvgIpc) is 3.12. The third kappa shape index (κ3) is 2.04. The van der Waals surface area contributed by atoms with Gasteiger partial charge in [-0.15, -0.1) is 0 Å². The van der Waals surface area contributed by atoms with E-state index in [0.717, 1.165) is 12.8 Å². The first-order valence-corrected chi connectivity index (χ1v) is 9.04. The van der Waals surface area contributed by atoms with Crippen LogP contribution >= 0.6 is 11.6 Å². The number of likely N-dealkylation sites (tertiary alicyclic amines) is 1. The maximum atomic E-state index is 13.1. The maximum Gasteiger partial charge on any atom is 0.250 e. The largest absolute Gasteiger partial charge is 0.324 e. The molecule has 3 heterocycles. The number of fused-ring (bicyclic) bond motifs is 4. The van der Waals surface area contributed by atoms with Crippen LogP contribution in [0.25, 0.3) is 0 Å². The molecule has 4 unspecified atom stereocenters. The number of amides is 3. The topological polar surface area (TPSA) is 78.5 Å². The highest BCUT2D eigenvalue weighted by molar-refractivity contribution is 6.31. The lowest BCUT2D eigenvalue weighted by molar-refractivity contribution is -0.142. The molecular weight excluding hydrogens is 342 g/mol. The monoisotopic (exact) mass is 361 g/mol. The van der Waals surface area contributed by atoms with E-state index >= 15 is 0 Å². The molecule has 7 heteroatoms. The molecule has 4 rings (SSSR count). The summed E-state index contributed by atoms with van der Waals surface area (Å²) in [5.74, 6) is -1.99. The zero-order valence-electron chi connectivity index (χ0n) is 14.1. The highest BCUT2D eigenvalue weighted by atomic mass is 35.5. The SMILES string of the molecule is CCCCN1C(=O)C2C(C)NC3(C(=O)Nc4ccc(Cl)cc43)C2C1=O. The van der Waals surface area contributed by atoms with Crippen LogP contribution in [0.1, 0.15) is 32.3 Å². The molecule has 4 atom stereocenters. The first-order valence-electron chi connectivity index (χ1n) is 8.66. The van der Waals surface area contributed by atoms with Crippen molar-refractivity contribution in [2.75, 3.05) is 11.9 Å². The number of benzene rings is 1. The fraction of sp³-hybridized carbons (Fsp3) is 0.500. The van der Waals surface area contributed by atoms with Gasteiger partial charge in [-0.25, -0.2) is 0 Å². The van der Waals surface area contributed by atoms with Gasteiger partial charge in [0.05, 0.1) is 11.8 Å². The molecule has 3 aliphatic heterocycles. The number of anilines is 1. The molecule has 2 saturated heterocycles. The first-order chi connectivity index (χ1) is 11.9. The fourth-order valence-corrected chi connectivity index (χ4v) is 4.70. The van der Waals surface area contributed by atoms with Crippen molar-refractivity contribution >= 4 is 35.0 Å². The Morgan fingerprint density at radius 3 is 2.72 bits per heavy atom. The van der Waals surface area contributed by atoms with E-state index in [-0.39, 0.29) is 23.8 Å². The van der Waals surface area contributed by atoms with Gasteiger partial charge in [-0.2, -0.15) is 0 Å². The van der Waals surface area contributed by atoms with E-state index in [4.69, 9.17) is 11.6 Å². The number of carbonyl (C=O) groups excluding carboxylic acids is 3. The Balaban J connectivity index is 1.83. The van der Waals surface area contributed by atoms with Crippen molar-refractivity contribution in [3.63, 3.8) is 0 Å². The molecule has 6 nitrogen and oxygen atoms in total. The van der Waals surface area contributed by atoms with Crippen LogP contribution in [0.5, 0.6) is 0 Å². The van der Waals surface area contributed by atoms with Crippen molar-refractivity contribution in [2.45, 2.75) is 38.3 Å². The molecule has 0 aliphatic carbocycles. The smallest absolute Gasteiger partial charge is 0.250 e. The van der Waals surface area contributed by atoms with Gasteiger partial charge in [-0.1, -0.05) is 24.9 Å². The third-order valence-corrected chi connectivity index (χ3v) is 5.89. The highest BCUT2D eigenvalue weighted by Gasteiger charge is 2.69. The van der Waals surface area contributed by atoms with Crippen molar-refractivity contribution in [1.29, 1.82) is 0 Å². The summed E-state index contributed by atoms with van der Waals surface area (Å²) in [5.41, 5.74) is 0.0720. The minimum Gasteiger partial charge on any atom is -0.324 e. The zero-order chi connectivity index (χ0) is 17.9. The number of nitrogens with zero attached hydrogens (tertiary/aromatic N) is 1. The summed E-state index contributed by atoms with van der Waals surface area (Å²) >= 11 is 6.15. The van der Waals surface area contributed by atoms with E-state index in [9.17, 15) is 14.4 Å². The Kier molecular flexibility index (Phi) is 3.67. The van der Waals surface area contributed by atoms with Crippen LogP contribution in [0.2, 0.25) is 5.02 Å². The predicted molar refractivity (Wildman–Crippen MR) is 93.0 cm³/mol. The van der Waals surface area contributed by atoms with Crippen molar-refractivity contribution in [3.8, 4) is 0 Å². The van der Waals surface area contributed by atoms with Crippen LogP contribution in [0.4, 0.5) is 5.69 Å². The standard InChI is InChI=1S/C18H20ClN3O3/c1-3-4-7-22-15(23)13-9(2)21-18(14(13)16(22)24)11-8-10(19)5-6-12(11)20-17(18)25/h5-6,8-9,13-14,21H,3-4,7H2,1-2H3,(H,20,25). The van der Waals surface area contributed by atoms with Crippen LogP contribution < -0.4 is 10.6 Å². The number of unbranched alkanes of at least 4 members (excludes halogenated alkanes) is 1. The summed E-state index contributed by atoms with van der Waals surface area (Å²) in [6.45, 7) is 4.28. The number of nitrogens with one attached hydrogen (secondary N) is 2. The van der Waals surface area contributed by atoms with Gasteiger partial charge in [-0.05, 0) is 31.5 Å². The molecule has 3 amide bonds. The maximum absolute atomic E-state index is 13.1. The Bertz CT molecular complexity index is 796. The first kappa shape index (κ1) is 16.5. The van der Waals surface area contributed by atoms with Gasteiger partial charge < -0.3 is 5.32 Å². The van der Waals surface area contributed by atoms with Crippen LogP contribution in [-0.4, -0.2) is 35.2 Å². The van der Waals surface area contributed by atoms with Gasteiger partial charge in [-0.3, -0.25) is 24.6 Å². The minimum absolute atomic E-state index is 0.177. The van der Waals surface area contributed by atoms with E-state index in [1.54, 1.807) is 18.2 Å². The second kappa shape index (κ2) is 5.54. The van der Waals surface area contributed by atoms with E-state index in [2.05, 4.69) is 10.6 Å². The van der Waals surface area contributed by atoms with Crippen LogP contribution in [0.3, 0.4) is 0 Å². The quantitative estimate of drug-likeness (QED) is 0.806. The third-order valence-electron chi connectivity index (χ3n) is 5.65. The van der Waals surface area contributed by atoms with E-state index in [1.807, 2.05) is 13.8 Å². The molecule has 0 aromatic heterocycles. The number of imide groups is 1. The summed E-state index contributed by atoms with van der Waals surface area (Å²) < 4.78 is 0. The normalized spacial score (nSPS) is 33.2. The van der Waals surface area contributed by atoms with Crippen LogP contribution in [0.15, 0.2) is 18.2 Å². The number of hydrogen-bond donors (Lipinski definition) is 2. The highest BCUT2D eigenvalue weighted by Crippen LogP contribution is 2.53. The molecule has 0 saturated carbocycles. The minimum atomic E-state index is -1.22. The van der Waals surface area contributed by atoms with E-state index in [0.29, 0.717) is 22.8 Å². The summed E-state index contributed by atoms with van der Waals surface area (Å²) in [6.07, 6.45) is 1.66. The van der Waals surface area contributed by atoms with Gasteiger partial charge in [0.2, 0.25) is 17.7 Å². The molecule has 132 valence electrons. The van der Waals surface area contributed by atoms with Crippen LogP contribution in [-0.2, 0) is 19.9 Å². The summed E-state index contributed by atoms with van der Waals surface area (Å²) in [5, 5.41) is 6.60. The summed E-state index contributed by atoms with van der Waals surface area (Å²) in [4.78, 5) is 40.2. The van der Waals surface area contributed by atoms with E-state index < -0.39 is 17.4 Å². The molecule has 25 heavy (non-hydrogen) atoms. The molecular formula is C18H20ClN3O3. The molecule has 2 N–H and O–H groups in total. The van der Waals surface area contributed by atoms with Gasteiger partial charge >= 0.3 is 0 Å². The number of hydrogen-bond acceptors (Lipinski definition) is 4. The van der Waals surface area contributed by atoms with Gasteiger partial charge in [0.25, 0.3) is 0 Å². The number of carbonyl (C=O) groups is 3. The second-order valence-corrected chi connectivity index (χ2v) is 7.51. The molecule has 1 aromatic rings. The Morgan fingerprint density at radius 1 is 1.24 bits per heavy atom. The van der Waals surface area contributed by atoms with Gasteiger partial charge in [0, 0.05) is 28.9 Å². The molecule has 0 bridgehead atoms. The van der Waals surface area contributed by atoms with Crippen molar-refractivity contribution in [1.82, 2.24) is 10.2 Å². The Morgan fingerprint density at radius 2 is 2.00 bits per heavy atom. The van der Waals surface area contributed by atoms with E-state index in [1.165, 1.54) is 4.90 Å². The summed E-state index contributed by atoms with van der Waals surface area (Å²) in [6, 6.07) is 4.87. The van der Waals surface area contributed by atoms with Crippen molar-refractivity contribution < 1.29 is 14.4 Å². The lowest BCUT2D eigenvalue weighted by Gasteiger charge is -2.29. The molecule has 0 radical (unpaired) electrons. The Labute approximate surface area is 150 Å². The molecule has 2 fully saturated rings. The van der Waals surface area contributed by atoms with Gasteiger partial charge in [0.15, 0.2) is 0 Å². The molecule has 1 spiro atoms.